The number of benzene rings is 3. The molecule has 3 aromatic rings. The van der Waals surface area contributed by atoms with Gasteiger partial charge in [0.2, 0.25) is 0 Å². The summed E-state index contributed by atoms with van der Waals surface area (Å²) in [5.74, 6) is -1.22. The van der Waals surface area contributed by atoms with Crippen molar-refractivity contribution in [2.45, 2.75) is 12.5 Å². The zero-order valence-electron chi connectivity index (χ0n) is 13.4. The van der Waals surface area contributed by atoms with E-state index in [-0.39, 0.29) is 17.4 Å². The second-order valence-electron chi connectivity index (χ2n) is 6.13. The molecule has 3 nitrogen and oxygen atoms in total. The lowest BCUT2D eigenvalue weighted by molar-refractivity contribution is 0.0697. The summed E-state index contributed by atoms with van der Waals surface area (Å²) in [4.78, 5) is 13.4. The smallest absolute Gasteiger partial charge is 0.335 e. The second kappa shape index (κ2) is 6.06. The van der Waals surface area contributed by atoms with Gasteiger partial charge < -0.3 is 10.0 Å². The van der Waals surface area contributed by atoms with Crippen molar-refractivity contribution in [2.75, 3.05) is 4.90 Å². The molecule has 0 saturated carbocycles. The molecule has 0 fully saturated rings. The minimum atomic E-state index is -0.961. The minimum absolute atomic E-state index is 0.00189. The van der Waals surface area contributed by atoms with Gasteiger partial charge in [-0.2, -0.15) is 0 Å². The van der Waals surface area contributed by atoms with Gasteiger partial charge in [0, 0.05) is 11.4 Å². The summed E-state index contributed by atoms with van der Waals surface area (Å²) in [7, 11) is 0. The Balaban J connectivity index is 1.86. The molecule has 0 bridgehead atoms. The van der Waals surface area contributed by atoms with Crippen LogP contribution >= 0.6 is 0 Å². The van der Waals surface area contributed by atoms with E-state index in [0.29, 0.717) is 6.42 Å². The first-order valence-electron chi connectivity index (χ1n) is 8.09. The SMILES string of the molecule is O=C(O)c1cccc(N2c3ccc(F)cc3CC2c2ccccc2)c1. The Morgan fingerprint density at radius 3 is 2.56 bits per heavy atom. The van der Waals surface area contributed by atoms with E-state index in [1.807, 2.05) is 36.4 Å². The number of aromatic carboxylic acids is 1. The summed E-state index contributed by atoms with van der Waals surface area (Å²) in [5.41, 5.74) is 3.98. The van der Waals surface area contributed by atoms with Gasteiger partial charge in [-0.1, -0.05) is 36.4 Å². The van der Waals surface area contributed by atoms with E-state index < -0.39 is 5.97 Å². The van der Waals surface area contributed by atoms with Crippen LogP contribution in [0.3, 0.4) is 0 Å². The van der Waals surface area contributed by atoms with Crippen molar-refractivity contribution in [3.8, 4) is 0 Å². The zero-order chi connectivity index (χ0) is 17.4. The van der Waals surface area contributed by atoms with Crippen LogP contribution in [0.5, 0.6) is 0 Å². The average molecular weight is 333 g/mol. The topological polar surface area (TPSA) is 40.5 Å². The first-order valence-corrected chi connectivity index (χ1v) is 8.09. The van der Waals surface area contributed by atoms with Crippen LogP contribution in [-0.4, -0.2) is 11.1 Å². The fourth-order valence-electron chi connectivity index (χ4n) is 3.47. The molecule has 0 aliphatic carbocycles. The molecule has 4 rings (SSSR count). The van der Waals surface area contributed by atoms with Gasteiger partial charge in [-0.25, -0.2) is 9.18 Å². The lowest BCUT2D eigenvalue weighted by Crippen LogP contribution is -2.20. The number of hydrogen-bond donors (Lipinski definition) is 1. The van der Waals surface area contributed by atoms with Crippen molar-refractivity contribution in [3.63, 3.8) is 0 Å². The predicted octanol–water partition coefficient (Wildman–Crippen LogP) is 4.96. The number of nitrogens with zero attached hydrogens (tertiary/aromatic N) is 1. The molecule has 1 atom stereocenters. The average Bonchev–Trinajstić information content (AvgIpc) is 3.01. The lowest BCUT2D eigenvalue weighted by atomic mass is 10.0. The Morgan fingerprint density at radius 2 is 1.80 bits per heavy atom. The van der Waals surface area contributed by atoms with Crippen LogP contribution in [0.4, 0.5) is 15.8 Å². The molecule has 4 heteroatoms. The fraction of sp³-hybridized carbons (Fsp3) is 0.0952. The molecule has 3 aromatic carbocycles. The number of carboxylic acids is 1. The Hall–Kier alpha value is -3.14. The van der Waals surface area contributed by atoms with Gasteiger partial charge in [0.05, 0.1) is 11.6 Å². The number of halogens is 1. The van der Waals surface area contributed by atoms with Crippen molar-refractivity contribution in [2.24, 2.45) is 0 Å². The van der Waals surface area contributed by atoms with Crippen LogP contribution in [0.2, 0.25) is 0 Å². The van der Waals surface area contributed by atoms with Crippen LogP contribution < -0.4 is 4.90 Å². The quantitative estimate of drug-likeness (QED) is 0.736. The van der Waals surface area contributed by atoms with E-state index in [0.717, 1.165) is 22.5 Å². The number of rotatable bonds is 3. The maximum atomic E-state index is 13.7. The molecule has 0 aromatic heterocycles. The van der Waals surface area contributed by atoms with E-state index >= 15 is 0 Å². The molecule has 1 aliphatic rings. The van der Waals surface area contributed by atoms with Gasteiger partial charge in [-0.3, -0.25) is 0 Å². The number of hydrogen-bond acceptors (Lipinski definition) is 2. The van der Waals surface area contributed by atoms with E-state index in [1.165, 1.54) is 6.07 Å². The molecule has 0 amide bonds. The summed E-state index contributed by atoms with van der Waals surface area (Å²) in [6.45, 7) is 0. The minimum Gasteiger partial charge on any atom is -0.478 e. The monoisotopic (exact) mass is 333 g/mol. The molecule has 0 radical (unpaired) electrons. The van der Waals surface area contributed by atoms with Gasteiger partial charge in [0.1, 0.15) is 5.82 Å². The van der Waals surface area contributed by atoms with Crippen molar-refractivity contribution >= 4 is 17.3 Å². The predicted molar refractivity (Wildman–Crippen MR) is 94.8 cm³/mol. The lowest BCUT2D eigenvalue weighted by Gasteiger charge is -2.28. The normalized spacial score (nSPS) is 15.9. The third-order valence-electron chi connectivity index (χ3n) is 4.58. The molecule has 1 heterocycles. The van der Waals surface area contributed by atoms with Crippen molar-refractivity contribution < 1.29 is 14.3 Å². The summed E-state index contributed by atoms with van der Waals surface area (Å²) in [6, 6.07) is 21.6. The molecule has 0 spiro atoms. The third-order valence-corrected chi connectivity index (χ3v) is 4.58. The fourth-order valence-corrected chi connectivity index (χ4v) is 3.47. The summed E-state index contributed by atoms with van der Waals surface area (Å²) in [6.07, 6.45) is 0.675. The number of carbonyl (C=O) groups is 1. The Bertz CT molecular complexity index is 940. The zero-order valence-corrected chi connectivity index (χ0v) is 13.4. The van der Waals surface area contributed by atoms with Crippen molar-refractivity contribution in [1.29, 1.82) is 0 Å². The number of carboxylic acid groups (broad SMARTS) is 1. The molecule has 25 heavy (non-hydrogen) atoms. The Kier molecular flexibility index (Phi) is 3.73. The second-order valence-corrected chi connectivity index (χ2v) is 6.13. The maximum Gasteiger partial charge on any atom is 0.335 e. The summed E-state index contributed by atoms with van der Waals surface area (Å²) in [5, 5.41) is 9.30. The van der Waals surface area contributed by atoms with Crippen molar-refractivity contribution in [3.05, 3.63) is 95.3 Å². The molecular weight excluding hydrogens is 317 g/mol. The van der Waals surface area contributed by atoms with Crippen LogP contribution in [0, 0.1) is 5.82 Å². The molecule has 0 saturated heterocycles. The van der Waals surface area contributed by atoms with Crippen molar-refractivity contribution in [1.82, 2.24) is 0 Å². The highest BCUT2D eigenvalue weighted by Gasteiger charge is 2.32. The van der Waals surface area contributed by atoms with Crippen LogP contribution in [0.15, 0.2) is 72.8 Å². The summed E-state index contributed by atoms with van der Waals surface area (Å²) >= 11 is 0. The van der Waals surface area contributed by atoms with Gasteiger partial charge >= 0.3 is 5.97 Å². The van der Waals surface area contributed by atoms with Crippen LogP contribution in [0.25, 0.3) is 0 Å². The molecular formula is C21H16FNO2. The van der Waals surface area contributed by atoms with Crippen LogP contribution in [-0.2, 0) is 6.42 Å². The summed E-state index contributed by atoms with van der Waals surface area (Å²) < 4.78 is 13.7. The van der Waals surface area contributed by atoms with Crippen LogP contribution in [0.1, 0.15) is 27.5 Å². The first-order chi connectivity index (χ1) is 12.1. The highest BCUT2D eigenvalue weighted by molar-refractivity contribution is 5.89. The van der Waals surface area contributed by atoms with Gasteiger partial charge in [-0.05, 0) is 53.9 Å². The van der Waals surface area contributed by atoms with E-state index in [9.17, 15) is 14.3 Å². The van der Waals surface area contributed by atoms with Gasteiger partial charge in [0.25, 0.3) is 0 Å². The Labute approximate surface area is 145 Å². The first kappa shape index (κ1) is 15.4. The number of anilines is 2. The standard InChI is InChI=1S/C21H16FNO2/c22-17-9-10-19-16(11-17)13-20(14-5-2-1-3-6-14)23(19)18-8-4-7-15(12-18)21(24)25/h1-12,20H,13H2,(H,24,25). The molecule has 1 aliphatic heterocycles. The third kappa shape index (κ3) is 2.76. The molecule has 124 valence electrons. The maximum absolute atomic E-state index is 13.7. The molecule has 1 unspecified atom stereocenters. The van der Waals surface area contributed by atoms with E-state index in [4.69, 9.17) is 0 Å². The van der Waals surface area contributed by atoms with E-state index in [2.05, 4.69) is 4.90 Å². The molecule has 1 N–H and O–H groups in total. The Morgan fingerprint density at radius 1 is 1.00 bits per heavy atom. The van der Waals surface area contributed by atoms with E-state index in [1.54, 1.807) is 30.3 Å². The van der Waals surface area contributed by atoms with Gasteiger partial charge in [-0.15, -0.1) is 0 Å². The highest BCUT2D eigenvalue weighted by atomic mass is 19.1. The largest absolute Gasteiger partial charge is 0.478 e. The van der Waals surface area contributed by atoms with Gasteiger partial charge in [0.15, 0.2) is 0 Å². The number of fused-ring (bicyclic) bond motifs is 1. The highest BCUT2D eigenvalue weighted by Crippen LogP contribution is 2.45.